The van der Waals surface area contributed by atoms with Crippen molar-refractivity contribution in [2.24, 2.45) is 0 Å². The van der Waals surface area contributed by atoms with Crippen molar-refractivity contribution in [2.45, 2.75) is 13.0 Å². The Balaban J connectivity index is 1.80. The molecule has 6 heteroatoms. The minimum atomic E-state index is -0.125. The number of rotatable bonds is 3. The zero-order valence-corrected chi connectivity index (χ0v) is 12.2. The van der Waals surface area contributed by atoms with E-state index in [2.05, 4.69) is 15.3 Å². The molecule has 21 heavy (non-hydrogen) atoms. The van der Waals surface area contributed by atoms with Crippen LogP contribution in [0.1, 0.15) is 28.9 Å². The van der Waals surface area contributed by atoms with Gasteiger partial charge in [0.15, 0.2) is 5.13 Å². The SMILES string of the molecule is CC(NC(=O)c1ccc2nc(N)sc2c1)c1cccnc1. The van der Waals surface area contributed by atoms with E-state index in [0.29, 0.717) is 10.7 Å². The number of carbonyl (C=O) groups excluding carboxylic acids is 1. The number of pyridine rings is 1. The van der Waals surface area contributed by atoms with Crippen LogP contribution < -0.4 is 11.1 Å². The van der Waals surface area contributed by atoms with Crippen LogP contribution in [-0.4, -0.2) is 15.9 Å². The number of fused-ring (bicyclic) bond motifs is 1. The number of thiazole rings is 1. The first-order valence-corrected chi connectivity index (χ1v) is 7.32. The van der Waals surface area contributed by atoms with Crippen molar-refractivity contribution >= 4 is 32.6 Å². The summed E-state index contributed by atoms with van der Waals surface area (Å²) in [7, 11) is 0. The highest BCUT2D eigenvalue weighted by Gasteiger charge is 2.12. The Hall–Kier alpha value is -2.47. The standard InChI is InChI=1S/C15H14N4OS/c1-9(11-3-2-6-17-8-11)18-14(20)10-4-5-12-13(7-10)21-15(16)19-12/h2-9H,1H3,(H2,16,19)(H,18,20). The van der Waals surface area contributed by atoms with Crippen LogP contribution in [0.3, 0.4) is 0 Å². The summed E-state index contributed by atoms with van der Waals surface area (Å²) < 4.78 is 0.911. The molecule has 5 nitrogen and oxygen atoms in total. The predicted molar refractivity (Wildman–Crippen MR) is 84.2 cm³/mol. The Kier molecular flexibility index (Phi) is 3.53. The van der Waals surface area contributed by atoms with Gasteiger partial charge >= 0.3 is 0 Å². The van der Waals surface area contributed by atoms with E-state index in [-0.39, 0.29) is 11.9 Å². The lowest BCUT2D eigenvalue weighted by Crippen LogP contribution is -2.26. The van der Waals surface area contributed by atoms with Crippen LogP contribution in [0.5, 0.6) is 0 Å². The fraction of sp³-hybridized carbons (Fsp3) is 0.133. The molecule has 1 atom stereocenters. The summed E-state index contributed by atoms with van der Waals surface area (Å²) in [6, 6.07) is 9.07. The second-order valence-electron chi connectivity index (χ2n) is 4.72. The topological polar surface area (TPSA) is 80.9 Å². The van der Waals surface area contributed by atoms with Gasteiger partial charge in [-0.05, 0) is 36.8 Å². The van der Waals surface area contributed by atoms with Gasteiger partial charge in [0, 0.05) is 18.0 Å². The molecule has 3 aromatic rings. The molecule has 106 valence electrons. The number of nitrogens with two attached hydrogens (primary N) is 1. The van der Waals surface area contributed by atoms with Gasteiger partial charge in [0.25, 0.3) is 5.91 Å². The Labute approximate surface area is 125 Å². The van der Waals surface area contributed by atoms with Gasteiger partial charge in [0.05, 0.1) is 16.3 Å². The number of hydrogen-bond acceptors (Lipinski definition) is 5. The van der Waals surface area contributed by atoms with Gasteiger partial charge in [-0.25, -0.2) is 4.98 Å². The van der Waals surface area contributed by atoms with E-state index in [4.69, 9.17) is 5.73 Å². The molecule has 2 heterocycles. The maximum absolute atomic E-state index is 12.3. The second-order valence-corrected chi connectivity index (χ2v) is 5.78. The Morgan fingerprint density at radius 3 is 3.00 bits per heavy atom. The molecule has 1 aromatic carbocycles. The predicted octanol–water partition coefficient (Wildman–Crippen LogP) is 2.76. The van der Waals surface area contributed by atoms with Crippen LogP contribution in [-0.2, 0) is 0 Å². The van der Waals surface area contributed by atoms with E-state index in [1.54, 1.807) is 18.5 Å². The van der Waals surface area contributed by atoms with Gasteiger partial charge < -0.3 is 11.1 Å². The monoisotopic (exact) mass is 298 g/mol. The molecule has 3 rings (SSSR count). The normalized spacial score (nSPS) is 12.2. The quantitative estimate of drug-likeness (QED) is 0.779. The molecule has 0 fully saturated rings. The van der Waals surface area contributed by atoms with Crippen LogP contribution in [0.4, 0.5) is 5.13 Å². The first-order valence-electron chi connectivity index (χ1n) is 6.50. The molecule has 1 unspecified atom stereocenters. The summed E-state index contributed by atoms with van der Waals surface area (Å²) in [4.78, 5) is 20.5. The summed E-state index contributed by atoms with van der Waals surface area (Å²) in [5, 5.41) is 3.46. The number of carbonyl (C=O) groups is 1. The Bertz CT molecular complexity index is 785. The van der Waals surface area contributed by atoms with Crippen molar-refractivity contribution in [1.29, 1.82) is 0 Å². The molecule has 0 bridgehead atoms. The number of amides is 1. The molecular weight excluding hydrogens is 284 g/mol. The number of hydrogen-bond donors (Lipinski definition) is 2. The third-order valence-electron chi connectivity index (χ3n) is 3.20. The molecule has 0 saturated carbocycles. The summed E-state index contributed by atoms with van der Waals surface area (Å²) >= 11 is 1.38. The zero-order valence-electron chi connectivity index (χ0n) is 11.4. The molecule has 0 aliphatic heterocycles. The van der Waals surface area contributed by atoms with Crippen molar-refractivity contribution < 1.29 is 4.79 Å². The molecular formula is C15H14N4OS. The summed E-state index contributed by atoms with van der Waals surface area (Å²) in [6.07, 6.45) is 3.46. The van der Waals surface area contributed by atoms with E-state index in [0.717, 1.165) is 15.8 Å². The lowest BCUT2D eigenvalue weighted by Gasteiger charge is -2.13. The average Bonchev–Trinajstić information content (AvgIpc) is 2.87. The number of nitrogens with one attached hydrogen (secondary N) is 1. The maximum Gasteiger partial charge on any atom is 0.251 e. The van der Waals surface area contributed by atoms with Gasteiger partial charge in [-0.2, -0.15) is 0 Å². The highest BCUT2D eigenvalue weighted by molar-refractivity contribution is 7.22. The molecule has 0 aliphatic rings. The highest BCUT2D eigenvalue weighted by Crippen LogP contribution is 2.24. The summed E-state index contributed by atoms with van der Waals surface area (Å²) in [5.41, 5.74) is 8.05. The van der Waals surface area contributed by atoms with Crippen LogP contribution >= 0.6 is 11.3 Å². The van der Waals surface area contributed by atoms with Gasteiger partial charge in [0.1, 0.15) is 0 Å². The Morgan fingerprint density at radius 1 is 1.38 bits per heavy atom. The van der Waals surface area contributed by atoms with E-state index >= 15 is 0 Å². The Morgan fingerprint density at radius 2 is 2.24 bits per heavy atom. The van der Waals surface area contributed by atoms with Crippen molar-refractivity contribution in [1.82, 2.24) is 15.3 Å². The van der Waals surface area contributed by atoms with E-state index in [1.165, 1.54) is 11.3 Å². The fourth-order valence-electron chi connectivity index (χ4n) is 2.08. The summed E-state index contributed by atoms with van der Waals surface area (Å²) in [5.74, 6) is -0.125. The minimum absolute atomic E-state index is 0.103. The van der Waals surface area contributed by atoms with E-state index in [1.807, 2.05) is 31.2 Å². The maximum atomic E-state index is 12.3. The molecule has 0 spiro atoms. The van der Waals surface area contributed by atoms with Crippen LogP contribution in [0.25, 0.3) is 10.2 Å². The van der Waals surface area contributed by atoms with Gasteiger partial charge in [0.2, 0.25) is 0 Å². The molecule has 0 radical (unpaired) electrons. The summed E-state index contributed by atoms with van der Waals surface area (Å²) in [6.45, 7) is 1.93. The zero-order chi connectivity index (χ0) is 14.8. The van der Waals surface area contributed by atoms with E-state index in [9.17, 15) is 4.79 Å². The van der Waals surface area contributed by atoms with E-state index < -0.39 is 0 Å². The van der Waals surface area contributed by atoms with Crippen molar-refractivity contribution in [3.63, 3.8) is 0 Å². The average molecular weight is 298 g/mol. The van der Waals surface area contributed by atoms with Crippen LogP contribution in [0.2, 0.25) is 0 Å². The second kappa shape index (κ2) is 5.49. The number of anilines is 1. The molecule has 3 N–H and O–H groups in total. The van der Waals surface area contributed by atoms with Crippen molar-refractivity contribution in [2.75, 3.05) is 5.73 Å². The van der Waals surface area contributed by atoms with Gasteiger partial charge in [-0.15, -0.1) is 0 Å². The minimum Gasteiger partial charge on any atom is -0.375 e. The van der Waals surface area contributed by atoms with Gasteiger partial charge in [-0.1, -0.05) is 17.4 Å². The molecule has 2 aromatic heterocycles. The number of aromatic nitrogens is 2. The van der Waals surface area contributed by atoms with Crippen molar-refractivity contribution in [3.8, 4) is 0 Å². The molecule has 1 amide bonds. The number of benzene rings is 1. The first kappa shape index (κ1) is 13.5. The number of nitrogen functional groups attached to an aromatic ring is 1. The lowest BCUT2D eigenvalue weighted by atomic mass is 10.1. The molecule has 0 aliphatic carbocycles. The van der Waals surface area contributed by atoms with Crippen LogP contribution in [0.15, 0.2) is 42.7 Å². The van der Waals surface area contributed by atoms with Crippen LogP contribution in [0, 0.1) is 0 Å². The largest absolute Gasteiger partial charge is 0.375 e. The van der Waals surface area contributed by atoms with Crippen molar-refractivity contribution in [3.05, 3.63) is 53.9 Å². The third-order valence-corrected chi connectivity index (χ3v) is 4.05. The molecule has 0 saturated heterocycles. The fourth-order valence-corrected chi connectivity index (χ4v) is 2.85. The lowest BCUT2D eigenvalue weighted by molar-refractivity contribution is 0.0940. The van der Waals surface area contributed by atoms with Gasteiger partial charge in [-0.3, -0.25) is 9.78 Å². The number of nitrogens with zero attached hydrogens (tertiary/aromatic N) is 2. The third kappa shape index (κ3) is 2.85. The smallest absolute Gasteiger partial charge is 0.251 e. The first-order chi connectivity index (χ1) is 10.1. The highest BCUT2D eigenvalue weighted by atomic mass is 32.1.